The quantitative estimate of drug-likeness (QED) is 0.407. The normalized spacial score (nSPS) is 15.9. The van der Waals surface area contributed by atoms with Crippen LogP contribution in [0.4, 0.5) is 5.69 Å². The van der Waals surface area contributed by atoms with Crippen LogP contribution in [-0.2, 0) is 9.59 Å². The predicted molar refractivity (Wildman–Crippen MR) is 152 cm³/mol. The number of aliphatic imine (C=N–C) groups is 2. The van der Waals surface area contributed by atoms with Crippen molar-refractivity contribution in [1.82, 2.24) is 4.90 Å². The fraction of sp³-hybridized carbons (Fsp3) is 0.333. The first-order chi connectivity index (χ1) is 17.8. The van der Waals surface area contributed by atoms with Crippen molar-refractivity contribution in [3.8, 4) is 0 Å². The van der Waals surface area contributed by atoms with Crippen LogP contribution in [0.25, 0.3) is 0 Å². The summed E-state index contributed by atoms with van der Waals surface area (Å²) in [5, 5.41) is 18.0. The number of hydrogen-bond acceptors (Lipinski definition) is 6. The second-order valence-corrected chi connectivity index (χ2v) is 10.4. The molecule has 2 N–H and O–H groups in total. The standard InChI is InChI=1S/C23H25Cl2N3S.C4H4O4/c24-17-9-10-21-19(15-17)23(18-7-3-4-8-20(18)25)26-16-22(27-21)29-14-13-28-11-5-1-2-6-12-28;5-3(6)1-2-4(7)8/h3-4,7-10,15H,1-2,5-6,11-14,16H2;1-2H,(H,5,6)(H,7,8)/b;2-1+. The van der Waals surface area contributed by atoms with Gasteiger partial charge in [0.1, 0.15) is 0 Å². The smallest absolute Gasteiger partial charge is 0.328 e. The number of benzene rings is 2. The number of likely N-dealkylation sites (tertiary alicyclic amines) is 1. The maximum atomic E-state index is 9.55. The number of fused-ring (bicyclic) bond motifs is 1. The second kappa shape index (κ2) is 14.9. The van der Waals surface area contributed by atoms with Crippen LogP contribution in [0.5, 0.6) is 0 Å². The molecule has 2 aliphatic rings. The number of aliphatic carboxylic acids is 2. The fourth-order valence-corrected chi connectivity index (χ4v) is 5.25. The number of hydrogen-bond donors (Lipinski definition) is 2. The molecule has 0 unspecified atom stereocenters. The Labute approximate surface area is 230 Å². The van der Waals surface area contributed by atoms with Gasteiger partial charge in [-0.2, -0.15) is 0 Å². The lowest BCUT2D eigenvalue weighted by atomic mass is 10.0. The number of nitrogens with zero attached hydrogens (tertiary/aromatic N) is 3. The second-order valence-electron chi connectivity index (χ2n) is 8.43. The van der Waals surface area contributed by atoms with Crippen molar-refractivity contribution in [3.63, 3.8) is 0 Å². The molecule has 0 bridgehead atoms. The molecule has 2 heterocycles. The third kappa shape index (κ3) is 9.63. The molecule has 2 aromatic carbocycles. The topological polar surface area (TPSA) is 103 Å². The number of carboxylic acids is 2. The molecule has 10 heteroatoms. The Morgan fingerprint density at radius 3 is 2.27 bits per heavy atom. The van der Waals surface area contributed by atoms with Crippen molar-refractivity contribution in [2.24, 2.45) is 9.98 Å². The minimum Gasteiger partial charge on any atom is -0.478 e. The minimum absolute atomic E-state index is 0.558. The number of carbonyl (C=O) groups is 2. The van der Waals surface area contributed by atoms with Crippen LogP contribution in [0, 0.1) is 0 Å². The predicted octanol–water partition coefficient (Wildman–Crippen LogP) is 6.20. The van der Waals surface area contributed by atoms with Gasteiger partial charge in [0.05, 0.1) is 23.0 Å². The summed E-state index contributed by atoms with van der Waals surface area (Å²) in [4.78, 5) is 31.5. The summed E-state index contributed by atoms with van der Waals surface area (Å²) in [6.45, 7) is 4.13. The molecule has 1 fully saturated rings. The Bertz CT molecular complexity index is 1180. The lowest BCUT2D eigenvalue weighted by molar-refractivity contribution is -0.134. The highest BCUT2D eigenvalue weighted by Gasteiger charge is 2.19. The van der Waals surface area contributed by atoms with Gasteiger partial charge in [0, 0.05) is 45.6 Å². The van der Waals surface area contributed by atoms with Crippen molar-refractivity contribution < 1.29 is 19.8 Å². The van der Waals surface area contributed by atoms with Gasteiger partial charge in [-0.1, -0.05) is 54.2 Å². The molecule has 1 saturated heterocycles. The molecule has 0 amide bonds. The highest BCUT2D eigenvalue weighted by molar-refractivity contribution is 8.14. The zero-order valence-electron chi connectivity index (χ0n) is 20.3. The molecule has 2 aromatic rings. The number of carboxylic acid groups (broad SMARTS) is 2. The van der Waals surface area contributed by atoms with E-state index in [1.54, 1.807) is 0 Å². The summed E-state index contributed by atoms with van der Waals surface area (Å²) in [6, 6.07) is 13.6. The summed E-state index contributed by atoms with van der Waals surface area (Å²) < 4.78 is 0. The van der Waals surface area contributed by atoms with Gasteiger partial charge < -0.3 is 15.1 Å². The van der Waals surface area contributed by atoms with Crippen LogP contribution in [0.15, 0.2) is 64.6 Å². The first kappa shape index (κ1) is 28.9. The Balaban J connectivity index is 0.000000414. The van der Waals surface area contributed by atoms with Gasteiger partial charge in [-0.3, -0.25) is 4.99 Å². The van der Waals surface area contributed by atoms with Crippen molar-refractivity contribution in [1.29, 1.82) is 0 Å². The van der Waals surface area contributed by atoms with Gasteiger partial charge in [-0.15, -0.1) is 11.8 Å². The molecule has 2 aliphatic heterocycles. The number of halogens is 2. The third-order valence-electron chi connectivity index (χ3n) is 5.70. The van der Waals surface area contributed by atoms with E-state index < -0.39 is 11.9 Å². The van der Waals surface area contributed by atoms with Gasteiger partial charge in [0.25, 0.3) is 0 Å². The molecular formula is C27H29Cl2N3O4S. The highest BCUT2D eigenvalue weighted by atomic mass is 35.5. The summed E-state index contributed by atoms with van der Waals surface area (Å²) >= 11 is 14.6. The van der Waals surface area contributed by atoms with E-state index in [0.717, 1.165) is 39.9 Å². The lowest BCUT2D eigenvalue weighted by Crippen LogP contribution is -2.27. The highest BCUT2D eigenvalue weighted by Crippen LogP contribution is 2.31. The first-order valence-corrected chi connectivity index (χ1v) is 13.7. The molecular weight excluding hydrogens is 533 g/mol. The Morgan fingerprint density at radius 1 is 0.946 bits per heavy atom. The molecule has 0 spiro atoms. The van der Waals surface area contributed by atoms with Crippen molar-refractivity contribution >= 4 is 63.3 Å². The van der Waals surface area contributed by atoms with Crippen LogP contribution in [0.1, 0.15) is 36.8 Å². The maximum absolute atomic E-state index is 9.55. The molecule has 7 nitrogen and oxygen atoms in total. The molecule has 0 saturated carbocycles. The van der Waals surface area contributed by atoms with E-state index in [2.05, 4.69) is 4.90 Å². The van der Waals surface area contributed by atoms with Gasteiger partial charge in [0.15, 0.2) is 0 Å². The molecule has 0 atom stereocenters. The Kier molecular flexibility index (Phi) is 11.7. The van der Waals surface area contributed by atoms with Gasteiger partial charge >= 0.3 is 11.9 Å². The van der Waals surface area contributed by atoms with E-state index in [9.17, 15) is 9.59 Å². The van der Waals surface area contributed by atoms with E-state index in [-0.39, 0.29) is 0 Å². The maximum Gasteiger partial charge on any atom is 0.328 e. The van der Waals surface area contributed by atoms with Crippen LogP contribution in [-0.4, -0.2) is 69.7 Å². The molecule has 0 aliphatic carbocycles. The average Bonchev–Trinajstić information content (AvgIpc) is 3.23. The zero-order chi connectivity index (χ0) is 26.6. The third-order valence-corrected chi connectivity index (χ3v) is 7.21. The van der Waals surface area contributed by atoms with Crippen LogP contribution < -0.4 is 0 Å². The van der Waals surface area contributed by atoms with E-state index in [1.807, 2.05) is 54.2 Å². The Hall–Kier alpha value is -2.65. The van der Waals surface area contributed by atoms with E-state index in [0.29, 0.717) is 28.7 Å². The summed E-state index contributed by atoms with van der Waals surface area (Å²) in [5.74, 6) is -1.47. The summed E-state index contributed by atoms with van der Waals surface area (Å²) in [7, 11) is 0. The van der Waals surface area contributed by atoms with E-state index in [1.165, 1.54) is 38.8 Å². The molecule has 0 aromatic heterocycles. The fourth-order valence-electron chi connectivity index (χ4n) is 3.95. The van der Waals surface area contributed by atoms with Gasteiger partial charge in [0.2, 0.25) is 0 Å². The number of rotatable bonds is 6. The van der Waals surface area contributed by atoms with Gasteiger partial charge in [-0.05, 0) is 50.2 Å². The van der Waals surface area contributed by atoms with Crippen LogP contribution in [0.2, 0.25) is 10.0 Å². The van der Waals surface area contributed by atoms with E-state index in [4.69, 9.17) is 43.4 Å². The molecule has 37 heavy (non-hydrogen) atoms. The first-order valence-electron chi connectivity index (χ1n) is 12.0. The zero-order valence-corrected chi connectivity index (χ0v) is 22.6. The minimum atomic E-state index is -1.26. The summed E-state index contributed by atoms with van der Waals surface area (Å²) in [5.41, 5.74) is 3.63. The largest absolute Gasteiger partial charge is 0.478 e. The van der Waals surface area contributed by atoms with Crippen molar-refractivity contribution in [2.75, 3.05) is 31.9 Å². The molecule has 4 rings (SSSR count). The van der Waals surface area contributed by atoms with E-state index >= 15 is 0 Å². The lowest BCUT2D eigenvalue weighted by Gasteiger charge is -2.19. The number of thioether (sulfide) groups is 1. The monoisotopic (exact) mass is 561 g/mol. The SMILES string of the molecule is Clc1ccc2c(c1)C(c1ccccc1Cl)=NCC(SCCN1CCCCCC1)=N2.O=C(O)/C=C/C(=O)O. The van der Waals surface area contributed by atoms with Gasteiger partial charge in [-0.25, -0.2) is 14.6 Å². The summed E-state index contributed by atoms with van der Waals surface area (Å²) in [6.07, 6.45) is 6.51. The van der Waals surface area contributed by atoms with Crippen molar-refractivity contribution in [2.45, 2.75) is 25.7 Å². The van der Waals surface area contributed by atoms with Crippen LogP contribution >= 0.6 is 35.0 Å². The molecule has 0 radical (unpaired) electrons. The van der Waals surface area contributed by atoms with Crippen LogP contribution in [0.3, 0.4) is 0 Å². The average molecular weight is 563 g/mol. The molecule has 196 valence electrons. The van der Waals surface area contributed by atoms with Crippen molar-refractivity contribution in [3.05, 3.63) is 75.8 Å². The Morgan fingerprint density at radius 2 is 1.62 bits per heavy atom.